The fourth-order valence-corrected chi connectivity index (χ4v) is 4.68. The summed E-state index contributed by atoms with van der Waals surface area (Å²) in [4.78, 5) is 10.2. The first-order chi connectivity index (χ1) is 7.15. The molecule has 0 aliphatic heterocycles. The van der Waals surface area contributed by atoms with Gasteiger partial charge in [0, 0.05) is 5.41 Å². The fourth-order valence-electron chi connectivity index (χ4n) is 4.68. The second kappa shape index (κ2) is 3.19. The number of rotatable bonds is 2. The van der Waals surface area contributed by atoms with Gasteiger partial charge in [0.2, 0.25) is 0 Å². The third kappa shape index (κ3) is 1.66. The number of carbonyl (C=O) groups excluding carboxylic acids is 1. The van der Waals surface area contributed by atoms with Crippen molar-refractivity contribution in [2.24, 2.45) is 23.2 Å². The Morgan fingerprint density at radius 3 is 2.00 bits per heavy atom. The predicted molar refractivity (Wildman–Crippen MR) is 53.1 cm³/mol. The molecular weight excluding hydrogens is 195 g/mol. The summed E-state index contributed by atoms with van der Waals surface area (Å²) in [6.07, 6.45) is 5.96. The van der Waals surface area contributed by atoms with Crippen LogP contribution in [0.3, 0.4) is 0 Å². The Balaban J connectivity index is 1.72. The topological polar surface area (TPSA) is 26.3 Å². The zero-order valence-corrected chi connectivity index (χ0v) is 8.88. The van der Waals surface area contributed by atoms with Crippen LogP contribution in [0.25, 0.3) is 0 Å². The van der Waals surface area contributed by atoms with Gasteiger partial charge in [-0.1, -0.05) is 0 Å². The van der Waals surface area contributed by atoms with Gasteiger partial charge in [0.1, 0.15) is 0 Å². The Morgan fingerprint density at radius 2 is 1.60 bits per heavy atom. The first-order valence-electron chi connectivity index (χ1n) is 5.97. The minimum Gasteiger partial charge on any atom is -0.440 e. The molecule has 0 aromatic heterocycles. The van der Waals surface area contributed by atoms with Crippen molar-refractivity contribution in [2.75, 3.05) is 6.61 Å². The highest BCUT2D eigenvalue weighted by Crippen LogP contribution is 2.60. The maximum atomic E-state index is 12.1. The van der Waals surface area contributed by atoms with Crippen LogP contribution in [0, 0.1) is 23.2 Å². The minimum atomic E-state index is -1.61. The van der Waals surface area contributed by atoms with Crippen LogP contribution in [0.2, 0.25) is 0 Å². The average Bonchev–Trinajstić information content (AvgIpc) is 2.12. The maximum absolute atomic E-state index is 12.1. The van der Waals surface area contributed by atoms with Crippen molar-refractivity contribution in [3.05, 3.63) is 0 Å². The van der Waals surface area contributed by atoms with Crippen molar-refractivity contribution >= 4 is 6.22 Å². The zero-order valence-electron chi connectivity index (χ0n) is 8.88. The van der Waals surface area contributed by atoms with E-state index in [0.717, 1.165) is 37.0 Å². The molecule has 0 radical (unpaired) electrons. The van der Waals surface area contributed by atoms with Gasteiger partial charge in [-0.05, 0) is 56.3 Å². The number of carbonyl (C=O) groups is 1. The smallest absolute Gasteiger partial charge is 0.440 e. The van der Waals surface area contributed by atoms with E-state index in [1.54, 1.807) is 0 Å². The summed E-state index contributed by atoms with van der Waals surface area (Å²) in [6, 6.07) is 0. The van der Waals surface area contributed by atoms with Gasteiger partial charge in [-0.2, -0.15) is 0 Å². The number of halogens is 1. The minimum absolute atomic E-state index is 0.149. The standard InChI is InChI=1S/C12H17FO2/c13-11(14)15-7-12-4-8-1-9(5-12)3-10(2-8)6-12/h8-10H,1-7H2. The van der Waals surface area contributed by atoms with Crippen molar-refractivity contribution in [1.29, 1.82) is 0 Å². The first-order valence-corrected chi connectivity index (χ1v) is 5.97. The number of hydrogen-bond donors (Lipinski definition) is 0. The van der Waals surface area contributed by atoms with E-state index < -0.39 is 6.22 Å². The van der Waals surface area contributed by atoms with Gasteiger partial charge in [-0.25, -0.2) is 4.79 Å². The van der Waals surface area contributed by atoms with Gasteiger partial charge < -0.3 is 4.74 Å². The summed E-state index contributed by atoms with van der Waals surface area (Å²) in [5.41, 5.74) is 0.149. The molecule has 4 bridgehead atoms. The lowest BCUT2D eigenvalue weighted by molar-refractivity contribution is -0.0843. The summed E-state index contributed by atoms with van der Waals surface area (Å²) < 4.78 is 16.7. The average molecular weight is 212 g/mol. The molecule has 4 aliphatic rings. The van der Waals surface area contributed by atoms with E-state index in [4.69, 9.17) is 0 Å². The summed E-state index contributed by atoms with van der Waals surface area (Å²) in [7, 11) is 0. The summed E-state index contributed by atoms with van der Waals surface area (Å²) >= 11 is 0. The molecule has 4 fully saturated rings. The fraction of sp³-hybridized carbons (Fsp3) is 0.917. The van der Waals surface area contributed by atoms with E-state index >= 15 is 0 Å². The normalized spacial score (nSPS) is 46.9. The monoisotopic (exact) mass is 212 g/mol. The summed E-state index contributed by atoms with van der Waals surface area (Å²) in [5.74, 6) is 2.48. The molecule has 4 aliphatic carbocycles. The van der Waals surface area contributed by atoms with E-state index in [2.05, 4.69) is 4.74 Å². The number of ether oxygens (including phenoxy) is 1. The highest BCUT2D eigenvalue weighted by Gasteiger charge is 2.51. The SMILES string of the molecule is O=C(F)OCC12CC3CC(CC(C3)C1)C2. The Kier molecular flexibility index (Phi) is 2.05. The molecule has 2 nitrogen and oxygen atoms in total. The quantitative estimate of drug-likeness (QED) is 0.656. The van der Waals surface area contributed by atoms with Crippen LogP contribution in [0.1, 0.15) is 38.5 Å². The second-order valence-electron chi connectivity index (χ2n) is 5.94. The molecule has 0 heterocycles. The Labute approximate surface area is 89.2 Å². The van der Waals surface area contributed by atoms with Gasteiger partial charge in [0.15, 0.2) is 0 Å². The van der Waals surface area contributed by atoms with Gasteiger partial charge in [-0.15, -0.1) is 4.39 Å². The Hall–Kier alpha value is -0.600. The first kappa shape index (κ1) is 9.61. The molecule has 15 heavy (non-hydrogen) atoms. The van der Waals surface area contributed by atoms with Crippen LogP contribution in [0.4, 0.5) is 9.18 Å². The molecule has 0 amide bonds. The van der Waals surface area contributed by atoms with Crippen molar-refractivity contribution in [2.45, 2.75) is 38.5 Å². The molecule has 0 unspecified atom stereocenters. The van der Waals surface area contributed by atoms with Gasteiger partial charge in [0.05, 0.1) is 6.61 Å². The molecule has 0 N–H and O–H groups in total. The van der Waals surface area contributed by atoms with E-state index in [1.807, 2.05) is 0 Å². The van der Waals surface area contributed by atoms with Crippen LogP contribution in [0.15, 0.2) is 0 Å². The van der Waals surface area contributed by atoms with Crippen LogP contribution in [-0.4, -0.2) is 12.8 Å². The van der Waals surface area contributed by atoms with Crippen LogP contribution in [-0.2, 0) is 4.74 Å². The van der Waals surface area contributed by atoms with Gasteiger partial charge in [0.25, 0.3) is 0 Å². The molecule has 4 saturated carbocycles. The van der Waals surface area contributed by atoms with Gasteiger partial charge in [-0.3, -0.25) is 0 Å². The zero-order chi connectivity index (χ0) is 10.5. The van der Waals surface area contributed by atoms with Crippen molar-refractivity contribution in [1.82, 2.24) is 0 Å². The van der Waals surface area contributed by atoms with Crippen LogP contribution in [0.5, 0.6) is 0 Å². The summed E-state index contributed by atoms with van der Waals surface area (Å²) in [5, 5.41) is 0. The number of hydrogen-bond acceptors (Lipinski definition) is 2. The lowest BCUT2D eigenvalue weighted by atomic mass is 9.50. The highest BCUT2D eigenvalue weighted by atomic mass is 19.1. The summed E-state index contributed by atoms with van der Waals surface area (Å²) in [6.45, 7) is 0.325. The molecule has 0 spiro atoms. The van der Waals surface area contributed by atoms with Gasteiger partial charge >= 0.3 is 6.22 Å². The lowest BCUT2D eigenvalue weighted by Gasteiger charge is -2.56. The lowest BCUT2D eigenvalue weighted by Crippen LogP contribution is -2.48. The molecule has 0 aromatic rings. The van der Waals surface area contributed by atoms with E-state index in [-0.39, 0.29) is 5.41 Å². The molecule has 0 atom stereocenters. The molecule has 0 aromatic carbocycles. The van der Waals surface area contributed by atoms with E-state index in [1.165, 1.54) is 19.3 Å². The Morgan fingerprint density at radius 1 is 1.13 bits per heavy atom. The molecule has 0 saturated heterocycles. The highest BCUT2D eigenvalue weighted by molar-refractivity contribution is 5.57. The maximum Gasteiger partial charge on any atom is 0.495 e. The third-order valence-electron chi connectivity index (χ3n) is 4.66. The second-order valence-corrected chi connectivity index (χ2v) is 5.94. The molecule has 3 heteroatoms. The molecular formula is C12H17FO2. The van der Waals surface area contributed by atoms with E-state index in [0.29, 0.717) is 6.61 Å². The van der Waals surface area contributed by atoms with Crippen LogP contribution >= 0.6 is 0 Å². The van der Waals surface area contributed by atoms with E-state index in [9.17, 15) is 9.18 Å². The van der Waals surface area contributed by atoms with Crippen molar-refractivity contribution in [3.63, 3.8) is 0 Å². The molecule has 84 valence electrons. The third-order valence-corrected chi connectivity index (χ3v) is 4.66. The Bertz CT molecular complexity index is 252. The van der Waals surface area contributed by atoms with Crippen molar-refractivity contribution < 1.29 is 13.9 Å². The van der Waals surface area contributed by atoms with Crippen molar-refractivity contribution in [3.8, 4) is 0 Å². The van der Waals surface area contributed by atoms with Crippen LogP contribution < -0.4 is 0 Å². The largest absolute Gasteiger partial charge is 0.495 e. The predicted octanol–water partition coefficient (Wildman–Crippen LogP) is 3.31. The molecule has 4 rings (SSSR count).